The Hall–Kier alpha value is -2.96. The fourth-order valence-corrected chi connectivity index (χ4v) is 3.92. The second-order valence-corrected chi connectivity index (χ2v) is 7.44. The van der Waals surface area contributed by atoms with E-state index in [1.807, 2.05) is 0 Å². The lowest BCUT2D eigenvalue weighted by Crippen LogP contribution is -2.52. The number of hydrogen-bond donors (Lipinski definition) is 1. The molecule has 2 aromatic rings. The third-order valence-corrected chi connectivity index (χ3v) is 5.44. The highest BCUT2D eigenvalue weighted by Gasteiger charge is 2.31. The maximum Gasteiger partial charge on any atom is 0.348 e. The number of para-hydroxylation sites is 1. The van der Waals surface area contributed by atoms with Gasteiger partial charge in [-0.2, -0.15) is 9.69 Å². The largest absolute Gasteiger partial charge is 0.362 e. The van der Waals surface area contributed by atoms with Gasteiger partial charge in [0.05, 0.1) is 22.7 Å². The van der Waals surface area contributed by atoms with Gasteiger partial charge in [0.25, 0.3) is 0 Å². The van der Waals surface area contributed by atoms with Crippen molar-refractivity contribution in [2.75, 3.05) is 24.7 Å². The lowest BCUT2D eigenvalue weighted by atomic mass is 10.1. The fourth-order valence-electron chi connectivity index (χ4n) is 3.92. The third-order valence-electron chi connectivity index (χ3n) is 5.44. The number of alkyl halides is 1. The molecule has 4 rings (SSSR count). The minimum Gasteiger partial charge on any atom is -0.362 e. The number of hydrogen-bond acceptors (Lipinski definition) is 5. The van der Waals surface area contributed by atoms with Crippen molar-refractivity contribution in [2.45, 2.75) is 38.0 Å². The minimum atomic E-state index is -1.06. The highest BCUT2D eigenvalue weighted by atomic mass is 19.1. The van der Waals surface area contributed by atoms with E-state index in [-0.39, 0.29) is 26.0 Å². The predicted octanol–water partition coefficient (Wildman–Crippen LogP) is 0.583. The van der Waals surface area contributed by atoms with Crippen LogP contribution in [0.5, 0.6) is 0 Å². The number of benzene rings is 1. The first-order chi connectivity index (χ1) is 14.5. The monoisotopic (exact) mass is 414 g/mol. The van der Waals surface area contributed by atoms with Crippen LogP contribution in [-0.2, 0) is 21.4 Å². The van der Waals surface area contributed by atoms with Crippen LogP contribution in [0, 0.1) is 11.8 Å². The summed E-state index contributed by atoms with van der Waals surface area (Å²) >= 11 is 0. The first-order valence-corrected chi connectivity index (χ1v) is 10.0. The Morgan fingerprint density at radius 2 is 2.00 bits per heavy atom. The lowest BCUT2D eigenvalue weighted by molar-refractivity contribution is -0.131. The molecular weight excluding hydrogens is 391 g/mol. The highest BCUT2D eigenvalue weighted by Crippen LogP contribution is 2.20. The number of piperidine rings is 2. The van der Waals surface area contributed by atoms with Gasteiger partial charge in [-0.05, 0) is 31.5 Å². The van der Waals surface area contributed by atoms with Crippen LogP contribution in [-0.4, -0.2) is 53.0 Å². The van der Waals surface area contributed by atoms with Gasteiger partial charge in [0.15, 0.2) is 0 Å². The number of carbonyl (C=O) groups excluding carboxylic acids is 2. The van der Waals surface area contributed by atoms with E-state index in [4.69, 9.17) is 4.74 Å². The van der Waals surface area contributed by atoms with E-state index < -0.39 is 29.8 Å². The van der Waals surface area contributed by atoms with Gasteiger partial charge in [0, 0.05) is 26.4 Å². The van der Waals surface area contributed by atoms with Crippen molar-refractivity contribution in [3.05, 3.63) is 34.2 Å². The number of nitrogens with zero attached hydrogens (tertiary/aromatic N) is 3. The molecule has 0 radical (unpaired) electrons. The summed E-state index contributed by atoms with van der Waals surface area (Å²) in [4.78, 5) is 37.5. The zero-order chi connectivity index (χ0) is 21.3. The number of ether oxygens (including phenoxy) is 1. The van der Waals surface area contributed by atoms with Crippen molar-refractivity contribution in [3.8, 4) is 11.8 Å². The van der Waals surface area contributed by atoms with Gasteiger partial charge in [-0.25, -0.2) is 9.18 Å². The average Bonchev–Trinajstić information content (AvgIpc) is 2.98. The molecule has 2 aliphatic heterocycles. The van der Waals surface area contributed by atoms with Gasteiger partial charge in [-0.1, -0.05) is 17.9 Å². The number of rotatable bonds is 3. The minimum absolute atomic E-state index is 0.0687. The maximum absolute atomic E-state index is 13.8. The summed E-state index contributed by atoms with van der Waals surface area (Å²) in [6.07, 6.45) is -0.0131. The van der Waals surface area contributed by atoms with Crippen LogP contribution < -0.4 is 16.0 Å². The number of amides is 2. The molecule has 2 amide bonds. The second kappa shape index (κ2) is 8.42. The normalized spacial score (nSPS) is 22.3. The molecule has 9 heteroatoms. The molecular formula is C21H23FN4O4. The zero-order valence-electron chi connectivity index (χ0n) is 16.7. The summed E-state index contributed by atoms with van der Waals surface area (Å²) in [5.74, 6) is 5.07. The van der Waals surface area contributed by atoms with Crippen molar-refractivity contribution in [1.82, 2.24) is 14.6 Å². The van der Waals surface area contributed by atoms with Crippen LogP contribution in [0.3, 0.4) is 0 Å². The Kier molecular flexibility index (Phi) is 5.70. The summed E-state index contributed by atoms with van der Waals surface area (Å²) in [7, 11) is 1.57. The van der Waals surface area contributed by atoms with Gasteiger partial charge in [0.2, 0.25) is 11.8 Å². The molecule has 0 aliphatic carbocycles. The van der Waals surface area contributed by atoms with Gasteiger partial charge in [-0.15, -0.1) is 0 Å². The number of carbonyl (C=O) groups is 2. The van der Waals surface area contributed by atoms with Gasteiger partial charge < -0.3 is 10.1 Å². The Bertz CT molecular complexity index is 1090. The van der Waals surface area contributed by atoms with Crippen LogP contribution in [0.4, 0.5) is 4.39 Å². The first-order valence-electron chi connectivity index (χ1n) is 10.0. The van der Waals surface area contributed by atoms with Crippen molar-refractivity contribution >= 4 is 22.8 Å². The molecule has 0 saturated carbocycles. The molecule has 2 aliphatic rings. The Balaban J connectivity index is 1.64. The number of imide groups is 1. The summed E-state index contributed by atoms with van der Waals surface area (Å²) in [5, 5.41) is 3.91. The van der Waals surface area contributed by atoms with E-state index in [1.165, 1.54) is 4.57 Å². The van der Waals surface area contributed by atoms with Crippen LogP contribution in [0.1, 0.15) is 31.2 Å². The molecule has 1 N–H and O–H groups in total. The molecule has 0 unspecified atom stereocenters. The van der Waals surface area contributed by atoms with Crippen molar-refractivity contribution < 1.29 is 18.7 Å². The number of imidazole rings is 1. The zero-order valence-corrected chi connectivity index (χ0v) is 16.7. The van der Waals surface area contributed by atoms with E-state index in [1.54, 1.807) is 25.2 Å². The third kappa shape index (κ3) is 3.64. The molecule has 158 valence electrons. The van der Waals surface area contributed by atoms with E-state index in [0.29, 0.717) is 36.0 Å². The standard InChI is InChI=1S/C21H23FN4O4/c1-24-20-14(6-4-12-30-17-10-11-23-13-15(17)22)5-2-7-16(20)25(21(24)29)26-18(27)8-3-9-19(26)28/h2,5,7,15,17,23H,3,8-13H2,1H3/t15-,17-/m1/s1. The lowest BCUT2D eigenvalue weighted by Gasteiger charge is -2.25. The first kappa shape index (κ1) is 20.3. The molecule has 0 spiro atoms. The summed E-state index contributed by atoms with van der Waals surface area (Å²) in [6.45, 7) is 1.06. The molecule has 8 nitrogen and oxygen atoms in total. The number of nitrogens with one attached hydrogen (secondary N) is 1. The van der Waals surface area contributed by atoms with Gasteiger partial charge in [0.1, 0.15) is 12.8 Å². The summed E-state index contributed by atoms with van der Waals surface area (Å²) < 4.78 is 21.9. The number of aromatic nitrogens is 2. The number of fused-ring (bicyclic) bond motifs is 1. The molecule has 2 atom stereocenters. The van der Waals surface area contributed by atoms with E-state index in [0.717, 1.165) is 9.69 Å². The molecule has 3 heterocycles. The van der Waals surface area contributed by atoms with Crippen molar-refractivity contribution in [2.24, 2.45) is 7.05 Å². The number of aryl methyl sites for hydroxylation is 1. The Labute approximate surface area is 172 Å². The number of halogens is 1. The second-order valence-electron chi connectivity index (χ2n) is 7.44. The van der Waals surface area contributed by atoms with Crippen LogP contribution in [0.2, 0.25) is 0 Å². The van der Waals surface area contributed by atoms with Crippen molar-refractivity contribution in [1.29, 1.82) is 0 Å². The molecule has 2 saturated heterocycles. The summed E-state index contributed by atoms with van der Waals surface area (Å²) in [6, 6.07) is 5.14. The SMILES string of the molecule is Cn1c(=O)n(N2C(=O)CCCC2=O)c2cccc(C#CCO[C@@H]3CCNC[C@H]3F)c21. The maximum atomic E-state index is 13.8. The molecule has 2 fully saturated rings. The Morgan fingerprint density at radius 1 is 1.23 bits per heavy atom. The average molecular weight is 414 g/mol. The van der Waals surface area contributed by atoms with E-state index >= 15 is 0 Å². The molecule has 1 aromatic carbocycles. The van der Waals surface area contributed by atoms with Crippen molar-refractivity contribution in [3.63, 3.8) is 0 Å². The molecule has 30 heavy (non-hydrogen) atoms. The molecule has 0 bridgehead atoms. The van der Waals surface area contributed by atoms with Crippen LogP contribution in [0.15, 0.2) is 23.0 Å². The van der Waals surface area contributed by atoms with Crippen LogP contribution >= 0.6 is 0 Å². The quantitative estimate of drug-likeness (QED) is 0.587. The van der Waals surface area contributed by atoms with E-state index in [9.17, 15) is 18.8 Å². The fraction of sp³-hybridized carbons (Fsp3) is 0.476. The Morgan fingerprint density at radius 3 is 2.73 bits per heavy atom. The smallest absolute Gasteiger partial charge is 0.348 e. The predicted molar refractivity (Wildman–Crippen MR) is 108 cm³/mol. The highest BCUT2D eigenvalue weighted by molar-refractivity contribution is 6.11. The molecule has 1 aromatic heterocycles. The van der Waals surface area contributed by atoms with Gasteiger partial charge >= 0.3 is 5.69 Å². The topological polar surface area (TPSA) is 85.6 Å². The van der Waals surface area contributed by atoms with Crippen LogP contribution in [0.25, 0.3) is 11.0 Å². The van der Waals surface area contributed by atoms with Gasteiger partial charge in [-0.3, -0.25) is 14.2 Å². The summed E-state index contributed by atoms with van der Waals surface area (Å²) in [5.41, 5.74) is 1.02. The van der Waals surface area contributed by atoms with E-state index in [2.05, 4.69) is 17.2 Å².